The highest BCUT2D eigenvalue weighted by molar-refractivity contribution is 14.0. The van der Waals surface area contributed by atoms with Gasteiger partial charge in [-0.3, -0.25) is 9.67 Å². The summed E-state index contributed by atoms with van der Waals surface area (Å²) in [5.41, 5.74) is 5.05. The molecule has 0 spiro atoms. The van der Waals surface area contributed by atoms with Crippen LogP contribution in [0.1, 0.15) is 42.8 Å². The van der Waals surface area contributed by atoms with Gasteiger partial charge in [-0.25, -0.2) is 0 Å². The van der Waals surface area contributed by atoms with Gasteiger partial charge in [-0.05, 0) is 58.1 Å². The van der Waals surface area contributed by atoms with Crippen molar-refractivity contribution >= 4 is 29.9 Å². The molecule has 1 aromatic heterocycles. The summed E-state index contributed by atoms with van der Waals surface area (Å²) in [7, 11) is 2.00. The van der Waals surface area contributed by atoms with E-state index in [-0.39, 0.29) is 24.0 Å². The van der Waals surface area contributed by atoms with Gasteiger partial charge in [0.1, 0.15) is 0 Å². The minimum absolute atomic E-state index is 0. The molecule has 2 aromatic rings. The van der Waals surface area contributed by atoms with Gasteiger partial charge in [-0.1, -0.05) is 30.3 Å². The van der Waals surface area contributed by atoms with Crippen molar-refractivity contribution in [1.29, 1.82) is 0 Å². The molecular weight excluding hydrogens is 449 g/mol. The zero-order chi connectivity index (χ0) is 18.9. The molecule has 5 nitrogen and oxygen atoms in total. The first kappa shape index (κ1) is 23.5. The first-order valence-corrected chi connectivity index (χ1v) is 9.59. The van der Waals surface area contributed by atoms with Gasteiger partial charge in [0.25, 0.3) is 0 Å². The molecular formula is C21H34IN5. The third-order valence-electron chi connectivity index (χ3n) is 4.63. The summed E-state index contributed by atoms with van der Waals surface area (Å²) >= 11 is 0. The van der Waals surface area contributed by atoms with Crippen LogP contribution in [0.15, 0.2) is 35.3 Å². The fraction of sp³-hybridized carbons (Fsp3) is 0.524. The van der Waals surface area contributed by atoms with E-state index in [9.17, 15) is 0 Å². The van der Waals surface area contributed by atoms with Crippen LogP contribution in [0.25, 0.3) is 0 Å². The topological polar surface area (TPSA) is 54.2 Å². The SMILES string of the molecule is CCNC(=NCCCc1ccccc1)NC(C)Cc1c(C)nn(C)c1C.I. The highest BCUT2D eigenvalue weighted by atomic mass is 127. The van der Waals surface area contributed by atoms with E-state index in [1.54, 1.807) is 0 Å². The monoisotopic (exact) mass is 483 g/mol. The average Bonchev–Trinajstić information content (AvgIpc) is 2.86. The van der Waals surface area contributed by atoms with E-state index in [0.29, 0.717) is 6.04 Å². The quantitative estimate of drug-likeness (QED) is 0.260. The lowest BCUT2D eigenvalue weighted by Crippen LogP contribution is -2.43. The third kappa shape index (κ3) is 7.52. The fourth-order valence-electron chi connectivity index (χ4n) is 3.14. The second-order valence-electron chi connectivity index (χ2n) is 6.87. The zero-order valence-corrected chi connectivity index (χ0v) is 19.6. The normalized spacial score (nSPS) is 12.4. The van der Waals surface area contributed by atoms with Crippen molar-refractivity contribution in [2.24, 2.45) is 12.0 Å². The minimum Gasteiger partial charge on any atom is -0.357 e. The molecule has 0 saturated heterocycles. The second-order valence-corrected chi connectivity index (χ2v) is 6.87. The van der Waals surface area contributed by atoms with Crippen LogP contribution >= 0.6 is 24.0 Å². The van der Waals surface area contributed by atoms with Crippen molar-refractivity contribution in [2.75, 3.05) is 13.1 Å². The number of nitrogens with zero attached hydrogens (tertiary/aromatic N) is 3. The molecule has 0 fully saturated rings. The summed E-state index contributed by atoms with van der Waals surface area (Å²) in [6.45, 7) is 10.2. The molecule has 1 aromatic carbocycles. The summed E-state index contributed by atoms with van der Waals surface area (Å²) in [6.07, 6.45) is 3.06. The molecule has 2 N–H and O–H groups in total. The van der Waals surface area contributed by atoms with Crippen LogP contribution in [0, 0.1) is 13.8 Å². The maximum Gasteiger partial charge on any atom is 0.191 e. The number of rotatable bonds is 8. The number of guanidine groups is 1. The molecule has 0 aliphatic heterocycles. The number of aromatic nitrogens is 2. The zero-order valence-electron chi connectivity index (χ0n) is 17.2. The van der Waals surface area contributed by atoms with Gasteiger partial charge in [0, 0.05) is 31.9 Å². The molecule has 0 aliphatic carbocycles. The summed E-state index contributed by atoms with van der Waals surface area (Å²) < 4.78 is 1.96. The van der Waals surface area contributed by atoms with Crippen molar-refractivity contribution in [2.45, 2.75) is 53.0 Å². The number of aryl methyl sites for hydroxylation is 3. The van der Waals surface area contributed by atoms with Crippen molar-refractivity contribution in [3.8, 4) is 0 Å². The maximum absolute atomic E-state index is 4.73. The molecule has 2 rings (SSSR count). The Balaban J connectivity index is 0.00000364. The molecule has 0 saturated carbocycles. The molecule has 27 heavy (non-hydrogen) atoms. The Morgan fingerprint density at radius 3 is 2.52 bits per heavy atom. The van der Waals surface area contributed by atoms with Crippen LogP contribution in [0.2, 0.25) is 0 Å². The van der Waals surface area contributed by atoms with E-state index in [1.165, 1.54) is 16.8 Å². The third-order valence-corrected chi connectivity index (χ3v) is 4.63. The smallest absolute Gasteiger partial charge is 0.191 e. The summed E-state index contributed by atoms with van der Waals surface area (Å²) in [5.74, 6) is 0.896. The van der Waals surface area contributed by atoms with Crippen molar-refractivity contribution in [3.63, 3.8) is 0 Å². The van der Waals surface area contributed by atoms with Crippen LogP contribution in [0.5, 0.6) is 0 Å². The maximum atomic E-state index is 4.73. The van der Waals surface area contributed by atoms with Gasteiger partial charge in [0.15, 0.2) is 5.96 Å². The number of benzene rings is 1. The van der Waals surface area contributed by atoms with E-state index in [4.69, 9.17) is 4.99 Å². The van der Waals surface area contributed by atoms with E-state index in [1.807, 2.05) is 11.7 Å². The molecule has 0 bridgehead atoms. The number of nitrogens with one attached hydrogen (secondary N) is 2. The van der Waals surface area contributed by atoms with E-state index < -0.39 is 0 Å². The Bertz CT molecular complexity index is 709. The molecule has 0 amide bonds. The lowest BCUT2D eigenvalue weighted by molar-refractivity contribution is 0.634. The first-order valence-electron chi connectivity index (χ1n) is 9.59. The Morgan fingerprint density at radius 1 is 1.22 bits per heavy atom. The molecule has 1 atom stereocenters. The second kappa shape index (κ2) is 12.0. The van der Waals surface area contributed by atoms with Crippen molar-refractivity contribution in [1.82, 2.24) is 20.4 Å². The van der Waals surface area contributed by atoms with E-state index >= 15 is 0 Å². The Kier molecular flexibility index (Phi) is 10.4. The van der Waals surface area contributed by atoms with E-state index in [2.05, 4.69) is 73.8 Å². The van der Waals surface area contributed by atoms with E-state index in [0.717, 1.165) is 44.0 Å². The van der Waals surface area contributed by atoms with Crippen LogP contribution in [-0.2, 0) is 19.9 Å². The van der Waals surface area contributed by atoms with Gasteiger partial charge in [-0.15, -0.1) is 24.0 Å². The Morgan fingerprint density at radius 2 is 1.93 bits per heavy atom. The fourth-order valence-corrected chi connectivity index (χ4v) is 3.14. The largest absolute Gasteiger partial charge is 0.357 e. The molecule has 0 aliphatic rings. The predicted molar refractivity (Wildman–Crippen MR) is 125 cm³/mol. The van der Waals surface area contributed by atoms with Crippen LogP contribution in [0.4, 0.5) is 0 Å². The van der Waals surface area contributed by atoms with Crippen LogP contribution in [0.3, 0.4) is 0 Å². The highest BCUT2D eigenvalue weighted by Crippen LogP contribution is 2.14. The Labute approximate surface area is 181 Å². The number of hydrogen-bond donors (Lipinski definition) is 2. The molecule has 1 heterocycles. The summed E-state index contributed by atoms with van der Waals surface area (Å²) in [5, 5.41) is 11.4. The molecule has 0 radical (unpaired) electrons. The molecule has 6 heteroatoms. The standard InChI is InChI=1S/C21H33N5.HI/c1-6-22-21(23-14-10-13-19-11-8-7-9-12-19)24-16(2)15-20-17(3)25-26(5)18(20)4;/h7-9,11-12,16H,6,10,13-15H2,1-5H3,(H2,22,23,24);1H. The highest BCUT2D eigenvalue weighted by Gasteiger charge is 2.13. The van der Waals surface area contributed by atoms with Gasteiger partial charge < -0.3 is 10.6 Å². The van der Waals surface area contributed by atoms with Gasteiger partial charge in [0.2, 0.25) is 0 Å². The van der Waals surface area contributed by atoms with Gasteiger partial charge in [-0.2, -0.15) is 5.10 Å². The summed E-state index contributed by atoms with van der Waals surface area (Å²) in [4.78, 5) is 4.73. The van der Waals surface area contributed by atoms with Crippen molar-refractivity contribution < 1.29 is 0 Å². The van der Waals surface area contributed by atoms with Crippen LogP contribution in [-0.4, -0.2) is 34.9 Å². The molecule has 150 valence electrons. The predicted octanol–water partition coefficient (Wildman–Crippen LogP) is 3.77. The number of hydrogen-bond acceptors (Lipinski definition) is 2. The summed E-state index contributed by atoms with van der Waals surface area (Å²) in [6, 6.07) is 10.9. The molecule has 1 unspecified atom stereocenters. The number of aliphatic imine (C=N–C) groups is 1. The average molecular weight is 483 g/mol. The number of halogens is 1. The van der Waals surface area contributed by atoms with Gasteiger partial charge in [0.05, 0.1) is 5.69 Å². The lowest BCUT2D eigenvalue weighted by Gasteiger charge is -2.18. The minimum atomic E-state index is 0. The van der Waals surface area contributed by atoms with Crippen molar-refractivity contribution in [3.05, 3.63) is 52.8 Å². The van der Waals surface area contributed by atoms with Crippen LogP contribution < -0.4 is 10.6 Å². The lowest BCUT2D eigenvalue weighted by atomic mass is 10.1. The first-order chi connectivity index (χ1) is 12.5. The van der Waals surface area contributed by atoms with Gasteiger partial charge >= 0.3 is 0 Å². The Hall–Kier alpha value is -1.57.